The van der Waals surface area contributed by atoms with Crippen LogP contribution < -0.4 is 5.73 Å². The highest BCUT2D eigenvalue weighted by molar-refractivity contribution is 7.91. The molecule has 0 atom stereocenters. The Morgan fingerprint density at radius 3 is 2.58 bits per heavy atom. The van der Waals surface area contributed by atoms with E-state index in [4.69, 9.17) is 10.8 Å². The Balaban J connectivity index is 2.36. The molecule has 1 aromatic heterocycles. The predicted molar refractivity (Wildman–Crippen MR) is 74.5 cm³/mol. The van der Waals surface area contributed by atoms with Crippen LogP contribution in [0.5, 0.6) is 0 Å². The average molecular weight is 305 g/mol. The van der Waals surface area contributed by atoms with Gasteiger partial charge < -0.3 is 10.8 Å². The van der Waals surface area contributed by atoms with Crippen molar-refractivity contribution in [3.8, 4) is 0 Å². The molecule has 1 aromatic rings. The highest BCUT2D eigenvalue weighted by atomic mass is 32.2. The summed E-state index contributed by atoms with van der Waals surface area (Å²) >= 11 is 0.990. The number of thiazole rings is 1. The molecule has 1 aliphatic carbocycles. The third-order valence-electron chi connectivity index (χ3n) is 3.37. The third kappa shape index (κ3) is 2.91. The van der Waals surface area contributed by atoms with Gasteiger partial charge in [-0.2, -0.15) is 4.31 Å². The van der Waals surface area contributed by atoms with Gasteiger partial charge in [0.2, 0.25) is 0 Å². The van der Waals surface area contributed by atoms with Crippen molar-refractivity contribution in [2.75, 3.05) is 18.9 Å². The lowest BCUT2D eigenvalue weighted by Gasteiger charge is -2.26. The number of aliphatic hydroxyl groups is 1. The first kappa shape index (κ1) is 14.7. The molecule has 0 amide bonds. The lowest BCUT2D eigenvalue weighted by molar-refractivity contribution is 0.226. The van der Waals surface area contributed by atoms with Gasteiger partial charge in [-0.1, -0.05) is 24.2 Å². The summed E-state index contributed by atoms with van der Waals surface area (Å²) in [5.41, 5.74) is 6.01. The Labute approximate surface area is 117 Å². The molecule has 108 valence electrons. The molecule has 2 rings (SSSR count). The summed E-state index contributed by atoms with van der Waals surface area (Å²) in [6.07, 6.45) is 3.77. The van der Waals surface area contributed by atoms with E-state index in [0.29, 0.717) is 5.69 Å². The first-order valence-electron chi connectivity index (χ1n) is 6.32. The van der Waals surface area contributed by atoms with E-state index in [0.717, 1.165) is 37.0 Å². The second kappa shape index (κ2) is 5.74. The molecule has 0 saturated heterocycles. The van der Waals surface area contributed by atoms with Crippen LogP contribution in [0.25, 0.3) is 0 Å². The van der Waals surface area contributed by atoms with Crippen molar-refractivity contribution in [1.29, 1.82) is 0 Å². The van der Waals surface area contributed by atoms with Crippen molar-refractivity contribution < 1.29 is 13.5 Å². The van der Waals surface area contributed by atoms with E-state index < -0.39 is 10.0 Å². The molecule has 3 N–H and O–H groups in total. The number of sulfonamides is 1. The van der Waals surface area contributed by atoms with Crippen molar-refractivity contribution in [2.45, 2.75) is 42.9 Å². The molecule has 0 aromatic carbocycles. The van der Waals surface area contributed by atoms with Gasteiger partial charge >= 0.3 is 0 Å². The molecule has 0 spiro atoms. The highest BCUT2D eigenvalue weighted by Crippen LogP contribution is 2.32. The highest BCUT2D eigenvalue weighted by Gasteiger charge is 2.35. The fourth-order valence-corrected chi connectivity index (χ4v) is 5.63. The number of hydrogen-bond donors (Lipinski definition) is 2. The van der Waals surface area contributed by atoms with Crippen LogP contribution in [0.15, 0.2) is 4.21 Å². The normalized spacial score (nSPS) is 17.4. The fraction of sp³-hybridized carbons (Fsp3) is 0.727. The Kier molecular flexibility index (Phi) is 4.44. The molecular formula is C11H19N3O3S2. The van der Waals surface area contributed by atoms with Gasteiger partial charge in [0.15, 0.2) is 9.34 Å². The Bertz CT molecular complexity index is 535. The molecule has 19 heavy (non-hydrogen) atoms. The monoisotopic (exact) mass is 305 g/mol. The van der Waals surface area contributed by atoms with Gasteiger partial charge in [0, 0.05) is 12.6 Å². The van der Waals surface area contributed by atoms with Gasteiger partial charge in [-0.25, -0.2) is 13.4 Å². The standard InChI is InChI=1S/C11H19N3O3S2/c1-8-10(18-11(12)13-8)19(16,17)14(6-7-15)9-4-2-3-5-9/h9,15H,2-7H2,1H3,(H2,12,13). The lowest BCUT2D eigenvalue weighted by atomic mass is 10.2. The third-order valence-corrected chi connectivity index (χ3v) is 6.89. The molecule has 0 bridgehead atoms. The average Bonchev–Trinajstić information content (AvgIpc) is 2.95. The van der Waals surface area contributed by atoms with Gasteiger partial charge in [0.25, 0.3) is 10.0 Å². The molecule has 6 nitrogen and oxygen atoms in total. The summed E-state index contributed by atoms with van der Waals surface area (Å²) in [5.74, 6) is 0. The molecule has 0 unspecified atom stereocenters. The van der Waals surface area contributed by atoms with Crippen molar-refractivity contribution >= 4 is 26.5 Å². The van der Waals surface area contributed by atoms with E-state index in [1.54, 1.807) is 6.92 Å². The second-order valence-electron chi connectivity index (χ2n) is 4.70. The molecule has 1 heterocycles. The van der Waals surface area contributed by atoms with Crippen LogP contribution in [-0.4, -0.2) is 42.0 Å². The minimum atomic E-state index is -3.61. The fourth-order valence-electron chi connectivity index (χ4n) is 2.54. The first-order valence-corrected chi connectivity index (χ1v) is 8.58. The Hall–Kier alpha value is -0.700. The molecule has 1 saturated carbocycles. The van der Waals surface area contributed by atoms with Crippen LogP contribution >= 0.6 is 11.3 Å². The number of anilines is 1. The van der Waals surface area contributed by atoms with Gasteiger partial charge in [-0.3, -0.25) is 0 Å². The van der Waals surface area contributed by atoms with E-state index in [2.05, 4.69) is 4.98 Å². The van der Waals surface area contributed by atoms with Crippen LogP contribution in [0.2, 0.25) is 0 Å². The minimum Gasteiger partial charge on any atom is -0.395 e. The topological polar surface area (TPSA) is 96.5 Å². The van der Waals surface area contributed by atoms with Crippen LogP contribution in [-0.2, 0) is 10.0 Å². The number of nitrogens with zero attached hydrogens (tertiary/aromatic N) is 2. The largest absolute Gasteiger partial charge is 0.395 e. The smallest absolute Gasteiger partial charge is 0.254 e. The zero-order valence-corrected chi connectivity index (χ0v) is 12.5. The van der Waals surface area contributed by atoms with Gasteiger partial charge in [0.05, 0.1) is 12.3 Å². The summed E-state index contributed by atoms with van der Waals surface area (Å²) in [7, 11) is -3.61. The maximum absolute atomic E-state index is 12.7. The maximum atomic E-state index is 12.7. The number of aryl methyl sites for hydroxylation is 1. The van der Waals surface area contributed by atoms with Crippen LogP contribution in [0.3, 0.4) is 0 Å². The van der Waals surface area contributed by atoms with Crippen molar-refractivity contribution in [1.82, 2.24) is 9.29 Å². The molecule has 8 heteroatoms. The predicted octanol–water partition coefficient (Wildman–Crippen LogP) is 0.959. The van der Waals surface area contributed by atoms with Crippen LogP contribution in [0, 0.1) is 6.92 Å². The zero-order chi connectivity index (χ0) is 14.0. The SMILES string of the molecule is Cc1nc(N)sc1S(=O)(=O)N(CCO)C1CCCC1. The summed E-state index contributed by atoms with van der Waals surface area (Å²) in [5, 5.41) is 9.39. The van der Waals surface area contributed by atoms with Crippen molar-refractivity contribution in [2.24, 2.45) is 0 Å². The number of nitrogens with two attached hydrogens (primary N) is 1. The molecule has 0 radical (unpaired) electrons. The van der Waals surface area contributed by atoms with Gasteiger partial charge in [-0.15, -0.1) is 0 Å². The summed E-state index contributed by atoms with van der Waals surface area (Å²) in [6, 6.07) is -0.0140. The Morgan fingerprint density at radius 1 is 1.47 bits per heavy atom. The second-order valence-corrected chi connectivity index (χ2v) is 7.82. The Morgan fingerprint density at radius 2 is 2.11 bits per heavy atom. The molecule has 1 aliphatic rings. The maximum Gasteiger partial charge on any atom is 0.254 e. The van der Waals surface area contributed by atoms with Gasteiger partial charge in [0.1, 0.15) is 0 Å². The van der Waals surface area contributed by atoms with Crippen LogP contribution in [0.4, 0.5) is 5.13 Å². The summed E-state index contributed by atoms with van der Waals surface area (Å²) in [4.78, 5) is 3.97. The number of aliphatic hydroxyl groups excluding tert-OH is 1. The zero-order valence-electron chi connectivity index (χ0n) is 10.9. The van der Waals surface area contributed by atoms with Crippen molar-refractivity contribution in [3.63, 3.8) is 0 Å². The number of aromatic nitrogens is 1. The summed E-state index contributed by atoms with van der Waals surface area (Å²) < 4.78 is 27.0. The number of rotatable bonds is 5. The lowest BCUT2D eigenvalue weighted by Crippen LogP contribution is -2.40. The number of hydrogen-bond acceptors (Lipinski definition) is 6. The van der Waals surface area contributed by atoms with E-state index in [9.17, 15) is 8.42 Å². The van der Waals surface area contributed by atoms with E-state index in [1.165, 1.54) is 4.31 Å². The number of nitrogen functional groups attached to an aromatic ring is 1. The molecule has 0 aliphatic heterocycles. The minimum absolute atomic E-state index is 0.0140. The van der Waals surface area contributed by atoms with Crippen LogP contribution in [0.1, 0.15) is 31.4 Å². The summed E-state index contributed by atoms with van der Waals surface area (Å²) in [6.45, 7) is 1.60. The van der Waals surface area contributed by atoms with E-state index >= 15 is 0 Å². The first-order chi connectivity index (χ1) is 8.96. The van der Waals surface area contributed by atoms with E-state index in [1.807, 2.05) is 0 Å². The van der Waals surface area contributed by atoms with Gasteiger partial charge in [-0.05, 0) is 19.8 Å². The molecular weight excluding hydrogens is 286 g/mol. The molecule has 1 fully saturated rings. The van der Waals surface area contributed by atoms with E-state index in [-0.39, 0.29) is 28.5 Å². The quantitative estimate of drug-likeness (QED) is 0.844. The van der Waals surface area contributed by atoms with Crippen molar-refractivity contribution in [3.05, 3.63) is 5.69 Å².